The Labute approximate surface area is 191 Å². The van der Waals surface area contributed by atoms with E-state index in [0.717, 1.165) is 12.4 Å². The summed E-state index contributed by atoms with van der Waals surface area (Å²) in [6, 6.07) is 3.43. The number of esters is 1. The van der Waals surface area contributed by atoms with Crippen LogP contribution in [0.3, 0.4) is 0 Å². The van der Waals surface area contributed by atoms with E-state index in [1.54, 1.807) is 4.90 Å². The monoisotopic (exact) mass is 479 g/mol. The van der Waals surface area contributed by atoms with Gasteiger partial charge in [0.25, 0.3) is 11.6 Å². The smallest absolute Gasteiger partial charge is 0.355 e. The number of nitrogens with zero attached hydrogens (tertiary/aromatic N) is 5. The Hall–Kier alpha value is -4.07. The maximum Gasteiger partial charge on any atom is 0.355 e. The second kappa shape index (κ2) is 10.0. The predicted molar refractivity (Wildman–Crippen MR) is 115 cm³/mol. The molecule has 2 aromatic rings. The van der Waals surface area contributed by atoms with E-state index < -0.39 is 27.1 Å². The SMILES string of the molecule is COC(=O)C1CCN(c2ncnc(NNC(=O)c3ccc(Cl)c([N+](=O)[O-])c3)c2[N+](=O)[O-])CC1. The summed E-state index contributed by atoms with van der Waals surface area (Å²) < 4.78 is 4.74. The lowest BCUT2D eigenvalue weighted by molar-refractivity contribution is -0.384. The average molecular weight is 480 g/mol. The number of methoxy groups -OCH3 is 1. The molecule has 0 spiro atoms. The number of nitro groups is 2. The summed E-state index contributed by atoms with van der Waals surface area (Å²) in [6.45, 7) is 0.662. The number of aromatic nitrogens is 2. The van der Waals surface area contributed by atoms with Crippen molar-refractivity contribution in [2.45, 2.75) is 12.8 Å². The molecule has 1 aromatic carbocycles. The zero-order valence-corrected chi connectivity index (χ0v) is 17.9. The number of hydrogen-bond donors (Lipinski definition) is 2. The van der Waals surface area contributed by atoms with Crippen LogP contribution in [0.15, 0.2) is 24.5 Å². The van der Waals surface area contributed by atoms with Crippen molar-refractivity contribution in [3.05, 3.63) is 55.3 Å². The van der Waals surface area contributed by atoms with Gasteiger partial charge in [-0.05, 0) is 25.0 Å². The number of hydrogen-bond acceptors (Lipinski definition) is 11. The fourth-order valence-electron chi connectivity index (χ4n) is 3.34. The second-order valence-electron chi connectivity index (χ2n) is 6.94. The van der Waals surface area contributed by atoms with Crippen LogP contribution in [-0.4, -0.2) is 51.9 Å². The van der Waals surface area contributed by atoms with E-state index in [2.05, 4.69) is 20.8 Å². The minimum absolute atomic E-state index is 0.0252. The number of piperidine rings is 1. The molecule has 0 radical (unpaired) electrons. The van der Waals surface area contributed by atoms with E-state index in [9.17, 15) is 29.8 Å². The van der Waals surface area contributed by atoms with Crippen LogP contribution in [-0.2, 0) is 9.53 Å². The molecule has 174 valence electrons. The molecule has 1 aromatic heterocycles. The van der Waals surface area contributed by atoms with Crippen LogP contribution in [0.25, 0.3) is 0 Å². The highest BCUT2D eigenvalue weighted by molar-refractivity contribution is 6.32. The van der Waals surface area contributed by atoms with Gasteiger partial charge in [0.05, 0.1) is 22.9 Å². The lowest BCUT2D eigenvalue weighted by Crippen LogP contribution is -2.38. The van der Waals surface area contributed by atoms with Gasteiger partial charge in [-0.3, -0.25) is 40.7 Å². The largest absolute Gasteiger partial charge is 0.469 e. The van der Waals surface area contributed by atoms with Crippen LogP contribution in [0.5, 0.6) is 0 Å². The van der Waals surface area contributed by atoms with Gasteiger partial charge in [0.15, 0.2) is 0 Å². The van der Waals surface area contributed by atoms with E-state index in [1.807, 2.05) is 0 Å². The number of halogens is 1. The Morgan fingerprint density at radius 1 is 1.18 bits per heavy atom. The quantitative estimate of drug-likeness (QED) is 0.336. The fraction of sp³-hybridized carbons (Fsp3) is 0.333. The normalized spacial score (nSPS) is 13.8. The maximum atomic E-state index is 12.4. The van der Waals surface area contributed by atoms with Crippen molar-refractivity contribution in [2.24, 2.45) is 5.92 Å². The third kappa shape index (κ3) is 5.23. The van der Waals surface area contributed by atoms with Crippen LogP contribution in [0.1, 0.15) is 23.2 Å². The molecule has 1 fully saturated rings. The highest BCUT2D eigenvalue weighted by Crippen LogP contribution is 2.34. The number of hydrazine groups is 1. The molecule has 33 heavy (non-hydrogen) atoms. The second-order valence-corrected chi connectivity index (χ2v) is 7.35. The van der Waals surface area contributed by atoms with Gasteiger partial charge in [0, 0.05) is 24.7 Å². The average Bonchev–Trinajstić information content (AvgIpc) is 2.81. The Morgan fingerprint density at radius 2 is 1.88 bits per heavy atom. The van der Waals surface area contributed by atoms with Crippen LogP contribution < -0.4 is 15.8 Å². The van der Waals surface area contributed by atoms with Crippen molar-refractivity contribution in [3.8, 4) is 0 Å². The molecule has 0 saturated carbocycles. The summed E-state index contributed by atoms with van der Waals surface area (Å²) in [5.41, 5.74) is 3.57. The van der Waals surface area contributed by atoms with E-state index >= 15 is 0 Å². The minimum atomic E-state index is -0.803. The summed E-state index contributed by atoms with van der Waals surface area (Å²) in [6.07, 6.45) is 1.96. The molecule has 0 atom stereocenters. The molecule has 2 heterocycles. The summed E-state index contributed by atoms with van der Waals surface area (Å²) in [5, 5.41) is 22.6. The van der Waals surface area contributed by atoms with E-state index in [-0.39, 0.29) is 34.1 Å². The number of nitrogens with one attached hydrogen (secondary N) is 2. The van der Waals surface area contributed by atoms with Crippen molar-refractivity contribution in [2.75, 3.05) is 30.5 Å². The molecule has 15 heteroatoms. The predicted octanol–water partition coefficient (Wildman–Crippen LogP) is 2.09. The number of rotatable bonds is 7. The van der Waals surface area contributed by atoms with Crippen molar-refractivity contribution in [3.63, 3.8) is 0 Å². The number of carbonyl (C=O) groups excluding carboxylic acids is 2. The summed E-state index contributed by atoms with van der Waals surface area (Å²) in [7, 11) is 1.30. The van der Waals surface area contributed by atoms with E-state index in [4.69, 9.17) is 16.3 Å². The number of carbonyl (C=O) groups is 2. The molecule has 1 saturated heterocycles. The van der Waals surface area contributed by atoms with Crippen molar-refractivity contribution in [1.29, 1.82) is 0 Å². The van der Waals surface area contributed by atoms with Crippen molar-refractivity contribution < 1.29 is 24.2 Å². The number of amides is 1. The van der Waals surface area contributed by atoms with Gasteiger partial charge < -0.3 is 9.64 Å². The van der Waals surface area contributed by atoms with Crippen molar-refractivity contribution in [1.82, 2.24) is 15.4 Å². The third-order valence-electron chi connectivity index (χ3n) is 5.01. The van der Waals surface area contributed by atoms with Gasteiger partial charge in [-0.25, -0.2) is 9.97 Å². The van der Waals surface area contributed by atoms with Crippen LogP contribution in [0.4, 0.5) is 23.0 Å². The van der Waals surface area contributed by atoms with Gasteiger partial charge in [-0.1, -0.05) is 11.6 Å². The standard InChI is InChI=1S/C18H18ClN7O7/c1-33-18(28)10-4-6-24(7-5-10)16-14(26(31)32)15(20-9-21-16)22-23-17(27)11-2-3-12(19)13(8-11)25(29)30/h2-3,8-10H,4-7H2,1H3,(H,23,27)(H,20,21,22). The number of benzene rings is 1. The molecule has 0 bridgehead atoms. The first kappa shape index (κ1) is 23.6. The zero-order chi connectivity index (χ0) is 24.1. The lowest BCUT2D eigenvalue weighted by atomic mass is 9.97. The molecule has 1 amide bonds. The molecule has 1 aliphatic heterocycles. The first-order valence-corrected chi connectivity index (χ1v) is 9.93. The van der Waals surface area contributed by atoms with E-state index in [1.165, 1.54) is 19.2 Å². The molecule has 14 nitrogen and oxygen atoms in total. The Kier molecular flexibility index (Phi) is 7.17. The topological polar surface area (TPSA) is 183 Å². The first-order chi connectivity index (χ1) is 15.7. The van der Waals surface area contributed by atoms with Gasteiger partial charge in [0.1, 0.15) is 11.3 Å². The Morgan fingerprint density at radius 3 is 2.48 bits per heavy atom. The van der Waals surface area contributed by atoms with Crippen molar-refractivity contribution >= 4 is 46.5 Å². The minimum Gasteiger partial charge on any atom is -0.469 e. The van der Waals surface area contributed by atoms with E-state index in [0.29, 0.717) is 25.9 Å². The maximum absolute atomic E-state index is 12.4. The molecule has 3 rings (SSSR count). The molecule has 1 aliphatic rings. The van der Waals surface area contributed by atoms with Gasteiger partial charge >= 0.3 is 11.7 Å². The van der Waals surface area contributed by atoms with Crippen LogP contribution >= 0.6 is 11.6 Å². The highest BCUT2D eigenvalue weighted by atomic mass is 35.5. The van der Waals surface area contributed by atoms with Crippen LogP contribution in [0, 0.1) is 26.1 Å². The number of anilines is 2. The molecular formula is C18H18ClN7O7. The Bertz CT molecular complexity index is 1110. The first-order valence-electron chi connectivity index (χ1n) is 9.55. The molecule has 0 unspecified atom stereocenters. The summed E-state index contributed by atoms with van der Waals surface area (Å²) in [4.78, 5) is 54.9. The molecule has 2 N–H and O–H groups in total. The van der Waals surface area contributed by atoms with Crippen LogP contribution in [0.2, 0.25) is 5.02 Å². The molecular weight excluding hydrogens is 462 g/mol. The van der Waals surface area contributed by atoms with Gasteiger partial charge in [-0.15, -0.1) is 0 Å². The number of ether oxygens (including phenoxy) is 1. The molecule has 0 aliphatic carbocycles. The summed E-state index contributed by atoms with van der Waals surface area (Å²) >= 11 is 5.74. The fourth-order valence-corrected chi connectivity index (χ4v) is 3.52. The highest BCUT2D eigenvalue weighted by Gasteiger charge is 2.32. The van der Waals surface area contributed by atoms with Gasteiger partial charge in [0.2, 0.25) is 11.6 Å². The zero-order valence-electron chi connectivity index (χ0n) is 17.2. The lowest BCUT2D eigenvalue weighted by Gasteiger charge is -2.31. The Balaban J connectivity index is 1.77. The summed E-state index contributed by atoms with van der Waals surface area (Å²) in [5.74, 6) is -1.69. The number of nitro benzene ring substituents is 1. The third-order valence-corrected chi connectivity index (χ3v) is 5.33. The van der Waals surface area contributed by atoms with Gasteiger partial charge in [-0.2, -0.15) is 0 Å².